The van der Waals surface area contributed by atoms with Gasteiger partial charge >= 0.3 is 5.97 Å². The fourth-order valence-electron chi connectivity index (χ4n) is 3.39. The summed E-state index contributed by atoms with van der Waals surface area (Å²) < 4.78 is 11.4. The molecular formula is C26H20ClNO5. The number of rotatable bonds is 5. The number of halogens is 1. The smallest absolute Gasteiger partial charge is 0.342 e. The Morgan fingerprint density at radius 1 is 0.970 bits per heavy atom. The first-order chi connectivity index (χ1) is 15.8. The van der Waals surface area contributed by atoms with Gasteiger partial charge in [0.2, 0.25) is 0 Å². The Balaban J connectivity index is 1.64. The fourth-order valence-corrected chi connectivity index (χ4v) is 3.52. The predicted octanol–water partition coefficient (Wildman–Crippen LogP) is 5.61. The third-order valence-corrected chi connectivity index (χ3v) is 5.42. The fraction of sp³-hybridized carbons (Fsp3) is 0.115. The highest BCUT2D eigenvalue weighted by atomic mass is 35.5. The molecule has 7 heteroatoms. The maximum atomic E-state index is 13.0. The Labute approximate surface area is 194 Å². The van der Waals surface area contributed by atoms with Gasteiger partial charge in [-0.05, 0) is 50.2 Å². The van der Waals surface area contributed by atoms with Crippen molar-refractivity contribution in [2.45, 2.75) is 20.0 Å². The highest BCUT2D eigenvalue weighted by Crippen LogP contribution is 2.27. The number of anilines is 1. The second-order valence-electron chi connectivity index (χ2n) is 7.48. The van der Waals surface area contributed by atoms with Gasteiger partial charge in [0.05, 0.1) is 5.39 Å². The van der Waals surface area contributed by atoms with Gasteiger partial charge in [-0.1, -0.05) is 48.0 Å². The van der Waals surface area contributed by atoms with E-state index in [1.165, 1.54) is 13.0 Å². The van der Waals surface area contributed by atoms with Gasteiger partial charge < -0.3 is 14.5 Å². The summed E-state index contributed by atoms with van der Waals surface area (Å²) in [6.07, 6.45) is -1.09. The lowest BCUT2D eigenvalue weighted by molar-refractivity contribution is -0.123. The SMILES string of the molecule is Cc1c(-c2ccccc2)oc2c(C(=O)OC(C)C(=O)Nc3ccc(Cl)cc3)cccc2c1=O. The molecule has 1 amide bonds. The molecule has 0 fully saturated rings. The third kappa shape index (κ3) is 4.66. The Bertz CT molecular complexity index is 1390. The lowest BCUT2D eigenvalue weighted by Gasteiger charge is -2.15. The van der Waals surface area contributed by atoms with Crippen molar-refractivity contribution in [3.8, 4) is 11.3 Å². The van der Waals surface area contributed by atoms with E-state index in [4.69, 9.17) is 20.8 Å². The Hall–Kier alpha value is -3.90. The Morgan fingerprint density at radius 2 is 1.67 bits per heavy atom. The number of carbonyl (C=O) groups excluding carboxylic acids is 2. The van der Waals surface area contributed by atoms with Crippen LogP contribution >= 0.6 is 11.6 Å². The maximum absolute atomic E-state index is 13.0. The molecule has 0 radical (unpaired) electrons. The van der Waals surface area contributed by atoms with E-state index >= 15 is 0 Å². The second-order valence-corrected chi connectivity index (χ2v) is 7.91. The van der Waals surface area contributed by atoms with Gasteiger partial charge in [0.1, 0.15) is 11.3 Å². The lowest BCUT2D eigenvalue weighted by atomic mass is 10.0. The van der Waals surface area contributed by atoms with Crippen molar-refractivity contribution < 1.29 is 18.7 Å². The third-order valence-electron chi connectivity index (χ3n) is 5.17. The number of fused-ring (bicyclic) bond motifs is 1. The van der Waals surface area contributed by atoms with Crippen molar-refractivity contribution in [1.29, 1.82) is 0 Å². The molecule has 3 aromatic carbocycles. The molecule has 0 saturated carbocycles. The van der Waals surface area contributed by atoms with Crippen LogP contribution < -0.4 is 10.7 Å². The van der Waals surface area contributed by atoms with E-state index in [1.54, 1.807) is 43.3 Å². The van der Waals surface area contributed by atoms with Crippen LogP contribution in [0, 0.1) is 6.92 Å². The van der Waals surface area contributed by atoms with Crippen molar-refractivity contribution in [1.82, 2.24) is 0 Å². The molecule has 4 aromatic rings. The molecule has 0 saturated heterocycles. The van der Waals surface area contributed by atoms with Crippen LogP contribution in [0.15, 0.2) is 82.0 Å². The molecule has 33 heavy (non-hydrogen) atoms. The van der Waals surface area contributed by atoms with E-state index in [1.807, 2.05) is 30.3 Å². The number of ether oxygens (including phenoxy) is 1. The van der Waals surface area contributed by atoms with Crippen molar-refractivity contribution in [2.24, 2.45) is 0 Å². The van der Waals surface area contributed by atoms with Crippen molar-refractivity contribution in [3.63, 3.8) is 0 Å². The van der Waals surface area contributed by atoms with Crippen LogP contribution in [0.3, 0.4) is 0 Å². The lowest BCUT2D eigenvalue weighted by Crippen LogP contribution is -2.30. The van der Waals surface area contributed by atoms with Gasteiger partial charge in [-0.2, -0.15) is 0 Å². The summed E-state index contributed by atoms with van der Waals surface area (Å²) in [5, 5.41) is 3.46. The van der Waals surface area contributed by atoms with Gasteiger partial charge in [0, 0.05) is 21.8 Å². The summed E-state index contributed by atoms with van der Waals surface area (Å²) >= 11 is 5.85. The molecular weight excluding hydrogens is 442 g/mol. The summed E-state index contributed by atoms with van der Waals surface area (Å²) in [7, 11) is 0. The van der Waals surface area contributed by atoms with Gasteiger partial charge in [0.25, 0.3) is 5.91 Å². The molecule has 1 unspecified atom stereocenters. The Morgan fingerprint density at radius 3 is 2.36 bits per heavy atom. The molecule has 1 N–H and O–H groups in total. The first-order valence-corrected chi connectivity index (χ1v) is 10.6. The summed E-state index contributed by atoms with van der Waals surface area (Å²) in [5.74, 6) is -0.902. The minimum Gasteiger partial charge on any atom is -0.455 e. The number of amides is 1. The number of nitrogens with one attached hydrogen (secondary N) is 1. The zero-order valence-corrected chi connectivity index (χ0v) is 18.7. The van der Waals surface area contributed by atoms with E-state index < -0.39 is 18.0 Å². The van der Waals surface area contributed by atoms with E-state index in [2.05, 4.69) is 5.32 Å². The highest BCUT2D eigenvalue weighted by Gasteiger charge is 2.23. The molecule has 1 heterocycles. The summed E-state index contributed by atoms with van der Waals surface area (Å²) in [6.45, 7) is 3.14. The monoisotopic (exact) mass is 461 g/mol. The van der Waals surface area contributed by atoms with Gasteiger partial charge in [-0.15, -0.1) is 0 Å². The van der Waals surface area contributed by atoms with Gasteiger partial charge in [-0.3, -0.25) is 9.59 Å². The van der Waals surface area contributed by atoms with E-state index in [0.29, 0.717) is 27.6 Å². The Kier molecular flexibility index (Phi) is 6.29. The van der Waals surface area contributed by atoms with Crippen LogP contribution in [0.1, 0.15) is 22.8 Å². The average Bonchev–Trinajstić information content (AvgIpc) is 2.82. The molecule has 6 nitrogen and oxygen atoms in total. The van der Waals surface area contributed by atoms with Crippen LogP contribution in [-0.2, 0) is 9.53 Å². The van der Waals surface area contributed by atoms with Crippen LogP contribution in [0.4, 0.5) is 5.69 Å². The van der Waals surface area contributed by atoms with Crippen molar-refractivity contribution in [3.05, 3.63) is 99.2 Å². The normalized spacial score (nSPS) is 11.7. The zero-order valence-electron chi connectivity index (χ0n) is 17.9. The van der Waals surface area contributed by atoms with E-state index in [9.17, 15) is 14.4 Å². The van der Waals surface area contributed by atoms with Gasteiger partial charge in [0.15, 0.2) is 17.1 Å². The van der Waals surface area contributed by atoms with Gasteiger partial charge in [-0.25, -0.2) is 4.79 Å². The maximum Gasteiger partial charge on any atom is 0.342 e. The quantitative estimate of drug-likeness (QED) is 0.390. The molecule has 0 aliphatic carbocycles. The van der Waals surface area contributed by atoms with E-state index in [-0.39, 0.29) is 22.0 Å². The summed E-state index contributed by atoms with van der Waals surface area (Å²) in [5.41, 5.74) is 1.61. The van der Waals surface area contributed by atoms with Crippen molar-refractivity contribution >= 4 is 40.1 Å². The molecule has 0 bridgehead atoms. The molecule has 1 atom stereocenters. The largest absolute Gasteiger partial charge is 0.455 e. The molecule has 166 valence electrons. The van der Waals surface area contributed by atoms with Crippen LogP contribution in [0.5, 0.6) is 0 Å². The molecule has 1 aromatic heterocycles. The number of hydrogen-bond donors (Lipinski definition) is 1. The predicted molar refractivity (Wildman–Crippen MR) is 128 cm³/mol. The van der Waals surface area contributed by atoms with Crippen LogP contribution in [-0.4, -0.2) is 18.0 Å². The molecule has 0 spiro atoms. The number of hydrogen-bond acceptors (Lipinski definition) is 5. The summed E-state index contributed by atoms with van der Waals surface area (Å²) in [6, 6.07) is 20.4. The van der Waals surface area contributed by atoms with Crippen molar-refractivity contribution in [2.75, 3.05) is 5.32 Å². The average molecular weight is 462 g/mol. The first kappa shape index (κ1) is 22.3. The number of para-hydroxylation sites is 1. The second kappa shape index (κ2) is 9.30. The van der Waals surface area contributed by atoms with E-state index in [0.717, 1.165) is 0 Å². The standard InChI is InChI=1S/C26H20ClNO5/c1-15-22(29)20-9-6-10-21(24(20)33-23(15)17-7-4-3-5-8-17)26(31)32-16(2)25(30)28-19-13-11-18(27)12-14-19/h3-14,16H,1-2H3,(H,28,30). The minimum absolute atomic E-state index is 0.0629. The minimum atomic E-state index is -1.09. The van der Waals surface area contributed by atoms with Crippen LogP contribution in [0.2, 0.25) is 5.02 Å². The number of benzene rings is 3. The first-order valence-electron chi connectivity index (χ1n) is 10.2. The zero-order chi connectivity index (χ0) is 23.5. The molecule has 0 aliphatic rings. The highest BCUT2D eigenvalue weighted by molar-refractivity contribution is 6.30. The number of esters is 1. The molecule has 0 aliphatic heterocycles. The molecule has 4 rings (SSSR count). The van der Waals surface area contributed by atoms with Crippen LogP contribution in [0.25, 0.3) is 22.3 Å². The topological polar surface area (TPSA) is 85.6 Å². The number of carbonyl (C=O) groups is 2. The summed E-state index contributed by atoms with van der Waals surface area (Å²) in [4.78, 5) is 38.4.